The molecule has 1 aromatic rings. The van der Waals surface area contributed by atoms with E-state index in [0.29, 0.717) is 0 Å². The van der Waals surface area contributed by atoms with Crippen LogP contribution < -0.4 is 5.32 Å². The van der Waals surface area contributed by atoms with Crippen molar-refractivity contribution in [2.45, 2.75) is 13.0 Å². The number of hydrogen-bond donors (Lipinski definition) is 1. The molecule has 1 aromatic heterocycles. The van der Waals surface area contributed by atoms with Crippen molar-refractivity contribution in [1.82, 2.24) is 5.32 Å². The van der Waals surface area contributed by atoms with E-state index in [4.69, 9.17) is 0 Å². The quantitative estimate of drug-likeness (QED) is 0.659. The first kappa shape index (κ1) is 7.28. The van der Waals surface area contributed by atoms with E-state index >= 15 is 0 Å². The molecule has 10 heavy (non-hydrogen) atoms. The lowest BCUT2D eigenvalue weighted by molar-refractivity contribution is -0.110. The number of thiophene rings is 1. The zero-order chi connectivity index (χ0) is 7.40. The fraction of sp³-hybridized carbons (Fsp3) is 0.286. The summed E-state index contributed by atoms with van der Waals surface area (Å²) in [5, 5.41) is 4.68. The molecule has 0 fully saturated rings. The first-order valence-electron chi connectivity index (χ1n) is 3.07. The molecule has 0 aliphatic heterocycles. The van der Waals surface area contributed by atoms with Gasteiger partial charge in [0.1, 0.15) is 0 Å². The molecule has 0 spiro atoms. The van der Waals surface area contributed by atoms with Gasteiger partial charge in [0.2, 0.25) is 6.41 Å². The van der Waals surface area contributed by atoms with E-state index in [1.807, 2.05) is 24.4 Å². The molecular formula is C7H9NOS. The number of carbonyl (C=O) groups is 1. The summed E-state index contributed by atoms with van der Waals surface area (Å²) in [6.07, 6.45) is 0.727. The van der Waals surface area contributed by atoms with E-state index in [1.54, 1.807) is 11.3 Å². The number of amides is 1. The molecule has 1 heterocycles. The number of carbonyl (C=O) groups excluding carboxylic acids is 1. The molecular weight excluding hydrogens is 146 g/mol. The maximum Gasteiger partial charge on any atom is 0.207 e. The topological polar surface area (TPSA) is 29.1 Å². The van der Waals surface area contributed by atoms with Gasteiger partial charge in [-0.05, 0) is 18.4 Å². The highest BCUT2D eigenvalue weighted by Gasteiger charge is 2.02. The Kier molecular flexibility index (Phi) is 2.45. The van der Waals surface area contributed by atoms with Crippen LogP contribution in [-0.4, -0.2) is 6.41 Å². The van der Waals surface area contributed by atoms with Gasteiger partial charge in [-0.15, -0.1) is 11.3 Å². The molecule has 2 nitrogen and oxygen atoms in total. The van der Waals surface area contributed by atoms with Gasteiger partial charge < -0.3 is 5.32 Å². The van der Waals surface area contributed by atoms with Crippen molar-refractivity contribution in [1.29, 1.82) is 0 Å². The zero-order valence-electron chi connectivity index (χ0n) is 5.70. The number of nitrogens with one attached hydrogen (secondary N) is 1. The predicted octanol–water partition coefficient (Wildman–Crippen LogP) is 1.56. The molecule has 1 amide bonds. The third kappa shape index (κ3) is 1.57. The number of hydrogen-bond acceptors (Lipinski definition) is 2. The van der Waals surface area contributed by atoms with Crippen LogP contribution in [-0.2, 0) is 4.79 Å². The van der Waals surface area contributed by atoms with Crippen molar-refractivity contribution in [2.75, 3.05) is 0 Å². The van der Waals surface area contributed by atoms with Gasteiger partial charge >= 0.3 is 0 Å². The monoisotopic (exact) mass is 155 g/mol. The van der Waals surface area contributed by atoms with Crippen LogP contribution in [0.3, 0.4) is 0 Å². The standard InChI is InChI=1S/C7H9NOS/c1-6(8-5-9)7-3-2-4-10-7/h2-6H,1H3,(H,8,9)/t6-/m1/s1. The molecule has 1 rings (SSSR count). The van der Waals surface area contributed by atoms with Crippen molar-refractivity contribution in [3.63, 3.8) is 0 Å². The van der Waals surface area contributed by atoms with Crippen LogP contribution in [0.4, 0.5) is 0 Å². The smallest absolute Gasteiger partial charge is 0.207 e. The fourth-order valence-electron chi connectivity index (χ4n) is 0.722. The lowest BCUT2D eigenvalue weighted by Crippen LogP contribution is -2.14. The highest BCUT2D eigenvalue weighted by Crippen LogP contribution is 2.16. The van der Waals surface area contributed by atoms with Crippen molar-refractivity contribution in [2.24, 2.45) is 0 Å². The predicted molar refractivity (Wildman–Crippen MR) is 41.9 cm³/mol. The molecule has 0 unspecified atom stereocenters. The highest BCUT2D eigenvalue weighted by molar-refractivity contribution is 7.10. The van der Waals surface area contributed by atoms with Gasteiger partial charge in [-0.2, -0.15) is 0 Å². The molecule has 0 saturated heterocycles. The summed E-state index contributed by atoms with van der Waals surface area (Å²) in [7, 11) is 0. The van der Waals surface area contributed by atoms with E-state index < -0.39 is 0 Å². The Balaban J connectivity index is 2.58. The van der Waals surface area contributed by atoms with Crippen molar-refractivity contribution in [3.8, 4) is 0 Å². The van der Waals surface area contributed by atoms with Gasteiger partial charge in [-0.3, -0.25) is 4.79 Å². The van der Waals surface area contributed by atoms with Crippen LogP contribution >= 0.6 is 11.3 Å². The maximum absolute atomic E-state index is 10.0. The van der Waals surface area contributed by atoms with Gasteiger partial charge in [-0.1, -0.05) is 6.07 Å². The van der Waals surface area contributed by atoms with Gasteiger partial charge in [0, 0.05) is 4.88 Å². The minimum atomic E-state index is 0.150. The summed E-state index contributed by atoms with van der Waals surface area (Å²) >= 11 is 1.65. The molecule has 3 heteroatoms. The van der Waals surface area contributed by atoms with Gasteiger partial charge in [0.15, 0.2) is 0 Å². The lowest BCUT2D eigenvalue weighted by Gasteiger charge is -2.05. The summed E-state index contributed by atoms with van der Waals surface area (Å²) in [5.41, 5.74) is 0. The van der Waals surface area contributed by atoms with E-state index in [0.717, 1.165) is 6.41 Å². The third-order valence-corrected chi connectivity index (χ3v) is 2.34. The van der Waals surface area contributed by atoms with Crippen LogP contribution in [0.2, 0.25) is 0 Å². The Morgan fingerprint density at radius 2 is 2.60 bits per heavy atom. The van der Waals surface area contributed by atoms with E-state index in [2.05, 4.69) is 5.32 Å². The summed E-state index contributed by atoms with van der Waals surface area (Å²) in [6, 6.07) is 4.13. The average molecular weight is 155 g/mol. The molecule has 0 saturated carbocycles. The Hall–Kier alpha value is -0.830. The van der Waals surface area contributed by atoms with Crippen LogP contribution in [0.15, 0.2) is 17.5 Å². The second-order valence-corrected chi connectivity index (χ2v) is 3.00. The Bertz CT molecular complexity index is 195. The Labute approximate surface area is 63.9 Å². The van der Waals surface area contributed by atoms with Crippen molar-refractivity contribution < 1.29 is 4.79 Å². The minimum Gasteiger partial charge on any atom is -0.351 e. The summed E-state index contributed by atoms with van der Waals surface area (Å²) in [4.78, 5) is 11.2. The van der Waals surface area contributed by atoms with Crippen molar-refractivity contribution >= 4 is 17.7 Å². The van der Waals surface area contributed by atoms with E-state index in [1.165, 1.54) is 4.88 Å². The Morgan fingerprint density at radius 1 is 1.80 bits per heavy atom. The first-order chi connectivity index (χ1) is 4.84. The lowest BCUT2D eigenvalue weighted by atomic mass is 10.3. The first-order valence-corrected chi connectivity index (χ1v) is 3.95. The summed E-state index contributed by atoms with van der Waals surface area (Å²) in [5.74, 6) is 0. The third-order valence-electron chi connectivity index (χ3n) is 1.29. The summed E-state index contributed by atoms with van der Waals surface area (Å²) < 4.78 is 0. The van der Waals surface area contributed by atoms with Crippen LogP contribution in [0.1, 0.15) is 17.8 Å². The molecule has 1 atom stereocenters. The molecule has 0 radical (unpaired) electrons. The average Bonchev–Trinajstić information content (AvgIpc) is 2.38. The molecule has 1 N–H and O–H groups in total. The van der Waals surface area contributed by atoms with Gasteiger partial charge in [0.05, 0.1) is 6.04 Å². The Morgan fingerprint density at radius 3 is 3.10 bits per heavy atom. The summed E-state index contributed by atoms with van der Waals surface area (Å²) in [6.45, 7) is 1.96. The minimum absolute atomic E-state index is 0.150. The molecule has 0 aliphatic carbocycles. The number of rotatable bonds is 3. The van der Waals surface area contributed by atoms with Crippen molar-refractivity contribution in [3.05, 3.63) is 22.4 Å². The molecule has 54 valence electrons. The van der Waals surface area contributed by atoms with Gasteiger partial charge in [0.25, 0.3) is 0 Å². The molecule has 0 aliphatic rings. The van der Waals surface area contributed by atoms with E-state index in [9.17, 15) is 4.79 Å². The zero-order valence-corrected chi connectivity index (χ0v) is 6.52. The second-order valence-electron chi connectivity index (χ2n) is 2.02. The van der Waals surface area contributed by atoms with Crippen LogP contribution in [0.25, 0.3) is 0 Å². The highest BCUT2D eigenvalue weighted by atomic mass is 32.1. The van der Waals surface area contributed by atoms with Crippen LogP contribution in [0, 0.1) is 0 Å². The largest absolute Gasteiger partial charge is 0.351 e. The molecule has 0 aromatic carbocycles. The fourth-order valence-corrected chi connectivity index (χ4v) is 1.47. The van der Waals surface area contributed by atoms with E-state index in [-0.39, 0.29) is 6.04 Å². The van der Waals surface area contributed by atoms with Gasteiger partial charge in [-0.25, -0.2) is 0 Å². The normalized spacial score (nSPS) is 12.5. The SMILES string of the molecule is C[C@@H](NC=O)c1cccs1. The second kappa shape index (κ2) is 3.37. The molecule has 0 bridgehead atoms. The van der Waals surface area contributed by atoms with Crippen LogP contribution in [0.5, 0.6) is 0 Å². The maximum atomic E-state index is 10.0.